The van der Waals surface area contributed by atoms with E-state index >= 15 is 0 Å². The summed E-state index contributed by atoms with van der Waals surface area (Å²) in [4.78, 5) is 0.103. The van der Waals surface area contributed by atoms with E-state index in [1.165, 1.54) is 6.07 Å². The number of sulfone groups is 1. The molecule has 1 unspecified atom stereocenters. The maximum Gasteiger partial charge on any atom is 0.177 e. The smallest absolute Gasteiger partial charge is 0.177 e. The van der Waals surface area contributed by atoms with Gasteiger partial charge in [0.15, 0.2) is 9.84 Å². The molecule has 0 aliphatic carbocycles. The van der Waals surface area contributed by atoms with Gasteiger partial charge in [0.2, 0.25) is 0 Å². The Morgan fingerprint density at radius 2 is 2.00 bits per heavy atom. The van der Waals surface area contributed by atoms with Crippen LogP contribution in [0.25, 0.3) is 0 Å². The summed E-state index contributed by atoms with van der Waals surface area (Å²) in [5, 5.41) is 12.7. The molecule has 0 saturated carbocycles. The second kappa shape index (κ2) is 5.58. The van der Waals surface area contributed by atoms with Crippen molar-refractivity contribution in [1.82, 2.24) is 0 Å². The first kappa shape index (κ1) is 14.8. The van der Waals surface area contributed by atoms with Crippen molar-refractivity contribution in [3.63, 3.8) is 0 Å². The van der Waals surface area contributed by atoms with Gasteiger partial charge < -0.3 is 16.2 Å². The summed E-state index contributed by atoms with van der Waals surface area (Å²) in [6.07, 6.45) is 0.608. The Morgan fingerprint density at radius 1 is 1.39 bits per heavy atom. The van der Waals surface area contributed by atoms with E-state index in [2.05, 4.69) is 5.32 Å². The second-order valence-corrected chi connectivity index (χ2v) is 6.67. The lowest BCUT2D eigenvalue weighted by Gasteiger charge is -2.17. The number of aliphatic hydroxyl groups excluding tert-OH is 1. The molecule has 102 valence electrons. The molecule has 1 aromatic rings. The van der Waals surface area contributed by atoms with Crippen LogP contribution in [0.1, 0.15) is 13.8 Å². The van der Waals surface area contributed by atoms with Crippen LogP contribution in [0.15, 0.2) is 23.1 Å². The average Bonchev–Trinajstić information content (AvgIpc) is 2.25. The normalized spacial score (nSPS) is 13.6. The van der Waals surface area contributed by atoms with E-state index in [9.17, 15) is 13.5 Å². The molecule has 0 aliphatic heterocycles. The number of para-hydroxylation sites is 1. The fourth-order valence-electron chi connectivity index (χ4n) is 1.47. The number of rotatable bonds is 5. The molecule has 0 spiro atoms. The van der Waals surface area contributed by atoms with E-state index in [0.717, 1.165) is 6.26 Å². The molecule has 0 bridgehead atoms. The Kier molecular flexibility index (Phi) is 4.59. The van der Waals surface area contributed by atoms with Gasteiger partial charge in [0.05, 0.1) is 22.4 Å². The molecule has 5 nitrogen and oxygen atoms in total. The highest BCUT2D eigenvalue weighted by Gasteiger charge is 2.15. The molecule has 0 heterocycles. The fourth-order valence-corrected chi connectivity index (χ4v) is 2.31. The first-order chi connectivity index (χ1) is 8.23. The van der Waals surface area contributed by atoms with Gasteiger partial charge in [0, 0.05) is 12.8 Å². The van der Waals surface area contributed by atoms with Crippen molar-refractivity contribution in [2.24, 2.45) is 5.92 Å². The first-order valence-corrected chi connectivity index (χ1v) is 7.63. The van der Waals surface area contributed by atoms with Gasteiger partial charge >= 0.3 is 0 Å². The number of aliphatic hydroxyl groups is 1. The lowest BCUT2D eigenvalue weighted by molar-refractivity contribution is 0.138. The van der Waals surface area contributed by atoms with E-state index in [0.29, 0.717) is 12.2 Å². The van der Waals surface area contributed by atoms with Crippen LogP contribution < -0.4 is 11.1 Å². The monoisotopic (exact) mass is 272 g/mol. The van der Waals surface area contributed by atoms with Crippen molar-refractivity contribution in [2.75, 3.05) is 23.9 Å². The quantitative estimate of drug-likeness (QED) is 0.698. The summed E-state index contributed by atoms with van der Waals surface area (Å²) in [6, 6.07) is 4.78. The number of benzene rings is 1. The van der Waals surface area contributed by atoms with Gasteiger partial charge in [0.1, 0.15) is 0 Å². The average molecular weight is 272 g/mol. The number of anilines is 2. The maximum absolute atomic E-state index is 11.5. The molecule has 0 aliphatic rings. The van der Waals surface area contributed by atoms with Crippen molar-refractivity contribution in [3.05, 3.63) is 18.2 Å². The summed E-state index contributed by atoms with van der Waals surface area (Å²) in [7, 11) is -3.34. The van der Waals surface area contributed by atoms with Gasteiger partial charge in [-0.15, -0.1) is 0 Å². The number of hydrogen-bond donors (Lipinski definition) is 3. The largest absolute Gasteiger partial charge is 0.396 e. The summed E-state index contributed by atoms with van der Waals surface area (Å²) in [5.41, 5.74) is 6.52. The zero-order valence-electron chi connectivity index (χ0n) is 10.8. The fraction of sp³-hybridized carbons (Fsp3) is 0.500. The highest BCUT2D eigenvalue weighted by molar-refractivity contribution is 7.90. The lowest BCUT2D eigenvalue weighted by atomic mass is 10.1. The zero-order chi connectivity index (χ0) is 13.9. The minimum absolute atomic E-state index is 0.103. The topological polar surface area (TPSA) is 92.4 Å². The molecule has 0 aromatic heterocycles. The molecule has 1 rings (SSSR count). The molecular formula is C12H20N2O3S. The van der Waals surface area contributed by atoms with Crippen molar-refractivity contribution in [2.45, 2.75) is 24.8 Å². The van der Waals surface area contributed by atoms with Crippen LogP contribution in [-0.2, 0) is 9.84 Å². The molecule has 6 heteroatoms. The molecule has 0 fully saturated rings. The summed E-state index contributed by atoms with van der Waals surface area (Å²) >= 11 is 0. The second-order valence-electron chi connectivity index (χ2n) is 4.68. The minimum atomic E-state index is -3.34. The van der Waals surface area contributed by atoms with E-state index in [1.807, 2.05) is 13.8 Å². The van der Waals surface area contributed by atoms with Gasteiger partial charge in [-0.2, -0.15) is 0 Å². The Hall–Kier alpha value is -1.27. The molecule has 1 aromatic carbocycles. The third-order valence-corrected chi connectivity index (χ3v) is 3.89. The zero-order valence-corrected chi connectivity index (χ0v) is 11.7. The van der Waals surface area contributed by atoms with Crippen LogP contribution in [0.5, 0.6) is 0 Å². The van der Waals surface area contributed by atoms with E-state index in [-0.39, 0.29) is 16.5 Å². The number of nitrogen functional groups attached to an aromatic ring is 1. The van der Waals surface area contributed by atoms with Gasteiger partial charge in [-0.1, -0.05) is 19.9 Å². The standard InChI is InChI=1S/C12H20N2O3S/c1-8(2)10(15)7-14-9-5-4-6-11(12(9)13)18(3,16)17/h4-6,8,10,14-15H,7,13H2,1-3H3. The maximum atomic E-state index is 11.5. The van der Waals surface area contributed by atoms with Crippen molar-refractivity contribution >= 4 is 21.2 Å². The summed E-state index contributed by atoms with van der Waals surface area (Å²) in [6.45, 7) is 4.14. The molecule has 0 saturated heterocycles. The van der Waals surface area contributed by atoms with Crippen LogP contribution >= 0.6 is 0 Å². The summed E-state index contributed by atoms with van der Waals surface area (Å²) < 4.78 is 23.0. The lowest BCUT2D eigenvalue weighted by Crippen LogP contribution is -2.25. The third kappa shape index (κ3) is 3.61. The Bertz CT molecular complexity index is 512. The van der Waals surface area contributed by atoms with Crippen LogP contribution in [0.4, 0.5) is 11.4 Å². The van der Waals surface area contributed by atoms with Crippen molar-refractivity contribution in [1.29, 1.82) is 0 Å². The first-order valence-electron chi connectivity index (χ1n) is 5.74. The van der Waals surface area contributed by atoms with Gasteiger partial charge in [-0.05, 0) is 18.1 Å². The number of nitrogens with two attached hydrogens (primary N) is 1. The molecule has 18 heavy (non-hydrogen) atoms. The highest BCUT2D eigenvalue weighted by atomic mass is 32.2. The van der Waals surface area contributed by atoms with Crippen molar-refractivity contribution < 1.29 is 13.5 Å². The van der Waals surface area contributed by atoms with Crippen LogP contribution in [0, 0.1) is 5.92 Å². The highest BCUT2D eigenvalue weighted by Crippen LogP contribution is 2.26. The Labute approximate surface area is 108 Å². The van der Waals surface area contributed by atoms with Crippen molar-refractivity contribution in [3.8, 4) is 0 Å². The van der Waals surface area contributed by atoms with E-state index in [1.54, 1.807) is 12.1 Å². The molecule has 1 atom stereocenters. The number of hydrogen-bond acceptors (Lipinski definition) is 5. The SMILES string of the molecule is CC(C)C(O)CNc1cccc(S(C)(=O)=O)c1N. The number of nitrogens with one attached hydrogen (secondary N) is 1. The van der Waals surface area contributed by atoms with Crippen LogP contribution in [0.3, 0.4) is 0 Å². The van der Waals surface area contributed by atoms with E-state index in [4.69, 9.17) is 5.73 Å². The predicted molar refractivity (Wildman–Crippen MR) is 73.3 cm³/mol. The third-order valence-electron chi connectivity index (χ3n) is 2.74. The molecule has 4 N–H and O–H groups in total. The Morgan fingerprint density at radius 3 is 2.50 bits per heavy atom. The van der Waals surface area contributed by atoms with Crippen LogP contribution in [0.2, 0.25) is 0 Å². The van der Waals surface area contributed by atoms with Gasteiger partial charge in [-0.25, -0.2) is 8.42 Å². The van der Waals surface area contributed by atoms with Crippen LogP contribution in [-0.4, -0.2) is 32.4 Å². The molecular weight excluding hydrogens is 252 g/mol. The molecule has 0 radical (unpaired) electrons. The van der Waals surface area contributed by atoms with Gasteiger partial charge in [0.25, 0.3) is 0 Å². The predicted octanol–water partition coefficient (Wildman–Crippen LogP) is 1.10. The van der Waals surface area contributed by atoms with E-state index < -0.39 is 15.9 Å². The molecule has 0 amide bonds. The minimum Gasteiger partial charge on any atom is -0.396 e. The summed E-state index contributed by atoms with van der Waals surface area (Å²) in [5.74, 6) is 0.122. The van der Waals surface area contributed by atoms with Gasteiger partial charge in [-0.3, -0.25) is 0 Å². The Balaban J connectivity index is 2.92.